The molecule has 1 aliphatic rings. The molecule has 1 heterocycles. The molecule has 2 nitrogen and oxygen atoms in total. The third kappa shape index (κ3) is 3.24. The molecule has 1 atom stereocenters. The number of piperazine rings is 1. The van der Waals surface area contributed by atoms with E-state index in [9.17, 15) is 8.78 Å². The van der Waals surface area contributed by atoms with E-state index in [4.69, 9.17) is 0 Å². The summed E-state index contributed by atoms with van der Waals surface area (Å²) < 4.78 is 27.2. The maximum absolute atomic E-state index is 13.3. The van der Waals surface area contributed by atoms with Crippen LogP contribution in [0.15, 0.2) is 22.7 Å². The number of nitrogens with one attached hydrogen (secondary N) is 1. The van der Waals surface area contributed by atoms with E-state index in [-0.39, 0.29) is 11.9 Å². The van der Waals surface area contributed by atoms with Gasteiger partial charge in [0.15, 0.2) is 0 Å². The van der Waals surface area contributed by atoms with Crippen LogP contribution in [0.1, 0.15) is 11.6 Å². The molecule has 1 saturated heterocycles. The van der Waals surface area contributed by atoms with E-state index in [1.807, 2.05) is 0 Å². The molecule has 5 heteroatoms. The Bertz CT molecular complexity index is 361. The largest absolute Gasteiger partial charge is 0.314 e. The monoisotopic (exact) mass is 304 g/mol. The Kier molecular flexibility index (Phi) is 4.48. The highest BCUT2D eigenvalue weighted by atomic mass is 79.9. The summed E-state index contributed by atoms with van der Waals surface area (Å²) in [5.41, 5.74) is 0.696. The molecule has 0 unspecified atom stereocenters. The lowest BCUT2D eigenvalue weighted by molar-refractivity contribution is 0.147. The lowest BCUT2D eigenvalue weighted by Gasteiger charge is -2.33. The van der Waals surface area contributed by atoms with Crippen molar-refractivity contribution < 1.29 is 8.78 Å². The van der Waals surface area contributed by atoms with Gasteiger partial charge in [-0.3, -0.25) is 4.90 Å². The number of hydrogen-bond donors (Lipinski definition) is 1. The van der Waals surface area contributed by atoms with Crippen molar-refractivity contribution in [1.29, 1.82) is 0 Å². The molecule has 0 spiro atoms. The molecule has 0 radical (unpaired) electrons. The minimum absolute atomic E-state index is 0.331. The van der Waals surface area contributed by atoms with Crippen LogP contribution in [0.3, 0.4) is 0 Å². The van der Waals surface area contributed by atoms with Crippen LogP contribution in [-0.4, -0.2) is 37.8 Å². The van der Waals surface area contributed by atoms with E-state index in [1.54, 1.807) is 6.07 Å². The average Bonchev–Trinajstić information content (AvgIpc) is 2.30. The molecule has 0 aromatic heterocycles. The van der Waals surface area contributed by atoms with Gasteiger partial charge in [0.25, 0.3) is 0 Å². The summed E-state index contributed by atoms with van der Waals surface area (Å²) in [5.74, 6) is -0.331. The van der Waals surface area contributed by atoms with Crippen LogP contribution in [0.2, 0.25) is 0 Å². The minimum Gasteiger partial charge on any atom is -0.314 e. The van der Waals surface area contributed by atoms with Gasteiger partial charge in [0, 0.05) is 30.7 Å². The molecule has 1 N–H and O–H groups in total. The number of nitrogens with zero attached hydrogens (tertiary/aromatic N) is 1. The van der Waals surface area contributed by atoms with Crippen molar-refractivity contribution in [2.45, 2.75) is 6.04 Å². The first-order chi connectivity index (χ1) is 8.20. The van der Waals surface area contributed by atoms with E-state index >= 15 is 0 Å². The Morgan fingerprint density at radius 2 is 2.00 bits per heavy atom. The molecule has 1 aliphatic heterocycles. The van der Waals surface area contributed by atoms with E-state index in [0.29, 0.717) is 10.0 Å². The highest BCUT2D eigenvalue weighted by molar-refractivity contribution is 9.10. The van der Waals surface area contributed by atoms with Gasteiger partial charge in [-0.2, -0.15) is 0 Å². The maximum atomic E-state index is 13.3. The first-order valence-corrected chi connectivity index (χ1v) is 6.46. The van der Waals surface area contributed by atoms with Crippen LogP contribution in [0, 0.1) is 5.82 Å². The number of hydrogen-bond acceptors (Lipinski definition) is 2. The fourth-order valence-electron chi connectivity index (χ4n) is 2.16. The number of halogens is 3. The first-order valence-electron chi connectivity index (χ1n) is 5.67. The van der Waals surface area contributed by atoms with Gasteiger partial charge in [-0.25, -0.2) is 8.78 Å². The topological polar surface area (TPSA) is 15.3 Å². The fourth-order valence-corrected chi connectivity index (χ4v) is 2.64. The highest BCUT2D eigenvalue weighted by Crippen LogP contribution is 2.25. The SMILES string of the molecule is FC[C@H](c1cc(F)cc(Br)c1)N1CCNCC1. The first kappa shape index (κ1) is 12.9. The van der Waals surface area contributed by atoms with Crippen molar-refractivity contribution in [3.63, 3.8) is 0 Å². The second kappa shape index (κ2) is 5.89. The van der Waals surface area contributed by atoms with Crippen molar-refractivity contribution in [2.24, 2.45) is 0 Å². The van der Waals surface area contributed by atoms with Gasteiger partial charge in [-0.05, 0) is 23.8 Å². The van der Waals surface area contributed by atoms with Crippen LogP contribution in [0.25, 0.3) is 0 Å². The van der Waals surface area contributed by atoms with Gasteiger partial charge in [0.05, 0.1) is 6.04 Å². The van der Waals surface area contributed by atoms with E-state index in [1.165, 1.54) is 12.1 Å². The zero-order valence-electron chi connectivity index (χ0n) is 9.43. The van der Waals surface area contributed by atoms with Crippen LogP contribution in [0.4, 0.5) is 8.78 Å². The van der Waals surface area contributed by atoms with Gasteiger partial charge >= 0.3 is 0 Å². The second-order valence-electron chi connectivity index (χ2n) is 4.16. The predicted molar refractivity (Wildman–Crippen MR) is 67.3 cm³/mol. The number of rotatable bonds is 3. The van der Waals surface area contributed by atoms with Crippen molar-refractivity contribution in [2.75, 3.05) is 32.9 Å². The zero-order chi connectivity index (χ0) is 12.3. The third-order valence-electron chi connectivity index (χ3n) is 3.01. The Morgan fingerprint density at radius 1 is 1.29 bits per heavy atom. The average molecular weight is 305 g/mol. The quantitative estimate of drug-likeness (QED) is 0.923. The highest BCUT2D eigenvalue weighted by Gasteiger charge is 2.22. The maximum Gasteiger partial charge on any atom is 0.124 e. The van der Waals surface area contributed by atoms with Gasteiger partial charge in [-0.1, -0.05) is 15.9 Å². The predicted octanol–water partition coefficient (Wildman–Crippen LogP) is 2.50. The summed E-state index contributed by atoms with van der Waals surface area (Å²) >= 11 is 3.24. The van der Waals surface area contributed by atoms with Crippen LogP contribution >= 0.6 is 15.9 Å². The van der Waals surface area contributed by atoms with Crippen LogP contribution in [-0.2, 0) is 0 Å². The summed E-state index contributed by atoms with van der Waals surface area (Å²) in [6.45, 7) is 2.81. The van der Waals surface area contributed by atoms with Gasteiger partial charge < -0.3 is 5.32 Å². The Balaban J connectivity index is 2.21. The summed E-state index contributed by atoms with van der Waals surface area (Å²) in [6, 6.07) is 4.24. The van der Waals surface area contributed by atoms with Gasteiger partial charge in [0.2, 0.25) is 0 Å². The normalized spacial score (nSPS) is 19.2. The molecule has 1 aromatic carbocycles. The standard InChI is InChI=1S/C12H15BrF2N2/c13-10-5-9(6-11(15)7-10)12(8-14)17-3-1-16-2-4-17/h5-7,12,16H,1-4,8H2/t12-/m1/s1. The summed E-state index contributed by atoms with van der Waals surface area (Å²) in [7, 11) is 0. The zero-order valence-corrected chi connectivity index (χ0v) is 11.0. The smallest absolute Gasteiger partial charge is 0.124 e. The Labute approximate surface area is 108 Å². The van der Waals surface area contributed by atoms with Crippen molar-refractivity contribution in [3.8, 4) is 0 Å². The van der Waals surface area contributed by atoms with E-state index < -0.39 is 6.67 Å². The number of benzene rings is 1. The summed E-state index contributed by atoms with van der Waals surface area (Å²) in [4.78, 5) is 2.05. The Morgan fingerprint density at radius 3 is 2.59 bits per heavy atom. The molecule has 17 heavy (non-hydrogen) atoms. The van der Waals surface area contributed by atoms with Crippen LogP contribution < -0.4 is 5.32 Å². The summed E-state index contributed by atoms with van der Waals surface area (Å²) in [5, 5.41) is 3.22. The van der Waals surface area contributed by atoms with Gasteiger partial charge in [0.1, 0.15) is 12.5 Å². The Hall–Kier alpha value is -0.520. The second-order valence-corrected chi connectivity index (χ2v) is 5.07. The third-order valence-corrected chi connectivity index (χ3v) is 3.47. The number of alkyl halides is 1. The van der Waals surface area contributed by atoms with Crippen LogP contribution in [0.5, 0.6) is 0 Å². The lowest BCUT2D eigenvalue weighted by atomic mass is 10.1. The van der Waals surface area contributed by atoms with Crippen molar-refractivity contribution >= 4 is 15.9 Å². The fraction of sp³-hybridized carbons (Fsp3) is 0.500. The van der Waals surface area contributed by atoms with Crippen molar-refractivity contribution in [3.05, 3.63) is 34.1 Å². The molecule has 2 rings (SSSR count). The van der Waals surface area contributed by atoms with Gasteiger partial charge in [-0.15, -0.1) is 0 Å². The molecule has 0 bridgehead atoms. The van der Waals surface area contributed by atoms with E-state index in [2.05, 4.69) is 26.1 Å². The lowest BCUT2D eigenvalue weighted by Crippen LogP contribution is -2.45. The molecule has 0 saturated carbocycles. The summed E-state index contributed by atoms with van der Waals surface area (Å²) in [6.07, 6.45) is 0. The molecule has 1 fully saturated rings. The van der Waals surface area contributed by atoms with Crippen molar-refractivity contribution in [1.82, 2.24) is 10.2 Å². The minimum atomic E-state index is -0.490. The molecule has 0 amide bonds. The molecule has 94 valence electrons. The molecule has 1 aromatic rings. The molecular formula is C12H15BrF2N2. The van der Waals surface area contributed by atoms with E-state index in [0.717, 1.165) is 26.2 Å². The molecular weight excluding hydrogens is 290 g/mol. The molecule has 0 aliphatic carbocycles.